The maximum absolute atomic E-state index is 12.7. The van der Waals surface area contributed by atoms with Gasteiger partial charge in [-0.15, -0.1) is 11.8 Å². The van der Waals surface area contributed by atoms with Crippen LogP contribution in [0.5, 0.6) is 0 Å². The number of anilines is 1. The van der Waals surface area contributed by atoms with Gasteiger partial charge in [0.2, 0.25) is 11.8 Å². The maximum atomic E-state index is 12.7. The van der Waals surface area contributed by atoms with Crippen molar-refractivity contribution in [1.29, 1.82) is 10.5 Å². The summed E-state index contributed by atoms with van der Waals surface area (Å²) in [7, 11) is 0. The monoisotopic (exact) mass is 574 g/mol. The number of likely N-dealkylation sites (tertiary alicyclic amines) is 1. The number of hydrogen-bond donors (Lipinski definition) is 3. The molecule has 0 spiro atoms. The van der Waals surface area contributed by atoms with E-state index in [2.05, 4.69) is 75.5 Å². The Balaban J connectivity index is 1.44. The minimum atomic E-state index is -0.454. The van der Waals surface area contributed by atoms with E-state index in [-0.39, 0.29) is 30.0 Å². The molecule has 2 amide bonds. The zero-order chi connectivity index (χ0) is 29.3. The second-order valence-electron chi connectivity index (χ2n) is 10.4. The molecule has 0 bridgehead atoms. The highest BCUT2D eigenvalue weighted by Crippen LogP contribution is 2.28. The van der Waals surface area contributed by atoms with E-state index in [1.807, 2.05) is 19.1 Å². The van der Waals surface area contributed by atoms with E-state index in [1.165, 1.54) is 35.7 Å². The van der Waals surface area contributed by atoms with Crippen molar-refractivity contribution in [2.24, 2.45) is 5.92 Å². The lowest BCUT2D eigenvalue weighted by Crippen LogP contribution is -2.37. The van der Waals surface area contributed by atoms with Crippen LogP contribution in [0.1, 0.15) is 49.7 Å². The van der Waals surface area contributed by atoms with Crippen LogP contribution in [0.4, 0.5) is 5.69 Å². The molecule has 2 aromatic rings. The third-order valence-corrected chi connectivity index (χ3v) is 8.66. The zero-order valence-corrected chi connectivity index (χ0v) is 24.8. The maximum Gasteiger partial charge on any atom is 0.234 e. The normalized spacial score (nSPS) is 15.2. The van der Waals surface area contributed by atoms with Crippen LogP contribution in [0, 0.1) is 28.6 Å². The van der Waals surface area contributed by atoms with Crippen LogP contribution in [0.15, 0.2) is 54.6 Å². The number of nitrogens with one attached hydrogen (secondary N) is 3. The average molecular weight is 575 g/mol. The quantitative estimate of drug-likeness (QED) is 0.255. The number of nitrogens with zero attached hydrogens (tertiary/aromatic N) is 3. The van der Waals surface area contributed by atoms with E-state index < -0.39 is 5.92 Å². The summed E-state index contributed by atoms with van der Waals surface area (Å²) >= 11 is 1.49. The highest BCUT2D eigenvalue weighted by Gasteiger charge is 2.21. The number of carbonyl (C=O) groups excluding carboxylic acids is 2. The van der Waals surface area contributed by atoms with Crippen LogP contribution in [-0.2, 0) is 16.0 Å². The predicted molar refractivity (Wildman–Crippen MR) is 165 cm³/mol. The molecule has 1 aliphatic rings. The standard InChI is InChI=1S/C32H42N6O2S/c1-2-35-32(40)30(41-20-14-26(23-34)22-31(39)36-16-15-33)24-37-29-10-6-7-25(21-29)11-17-38-18-12-28(13-19-38)27-8-4-3-5-9-27/h3-10,21,26,28,30,37H,2,11-14,16-20,22,24H2,1H3,(H,35,40)(H,36,39). The summed E-state index contributed by atoms with van der Waals surface area (Å²) in [5.74, 6) is 0.441. The molecule has 1 aliphatic heterocycles. The number of piperidine rings is 1. The Kier molecular flexibility index (Phi) is 14.1. The van der Waals surface area contributed by atoms with Gasteiger partial charge in [-0.3, -0.25) is 9.59 Å². The molecule has 2 aromatic carbocycles. The smallest absolute Gasteiger partial charge is 0.234 e. The van der Waals surface area contributed by atoms with Crippen molar-refractivity contribution in [2.75, 3.05) is 50.3 Å². The van der Waals surface area contributed by atoms with Gasteiger partial charge in [0, 0.05) is 31.7 Å². The van der Waals surface area contributed by atoms with E-state index in [0.717, 1.165) is 31.7 Å². The molecule has 41 heavy (non-hydrogen) atoms. The van der Waals surface area contributed by atoms with Crippen molar-refractivity contribution in [3.63, 3.8) is 0 Å². The number of nitriles is 2. The molecule has 0 aromatic heterocycles. The summed E-state index contributed by atoms with van der Waals surface area (Å²) < 4.78 is 0. The first-order valence-electron chi connectivity index (χ1n) is 14.5. The Hall–Kier alpha value is -3.53. The minimum Gasteiger partial charge on any atom is -0.383 e. The molecule has 1 fully saturated rings. The molecule has 218 valence electrons. The van der Waals surface area contributed by atoms with Gasteiger partial charge in [0.25, 0.3) is 0 Å². The molecule has 0 aliphatic carbocycles. The Bertz CT molecular complexity index is 1170. The van der Waals surface area contributed by atoms with Gasteiger partial charge in [0.15, 0.2) is 0 Å². The van der Waals surface area contributed by atoms with Crippen molar-refractivity contribution in [3.8, 4) is 12.1 Å². The van der Waals surface area contributed by atoms with Gasteiger partial charge >= 0.3 is 0 Å². The van der Waals surface area contributed by atoms with Crippen LogP contribution >= 0.6 is 11.8 Å². The summed E-state index contributed by atoms with van der Waals surface area (Å²) in [6.45, 7) is 6.13. The number of rotatable bonds is 16. The highest BCUT2D eigenvalue weighted by atomic mass is 32.2. The van der Waals surface area contributed by atoms with Crippen molar-refractivity contribution in [1.82, 2.24) is 15.5 Å². The Morgan fingerprint density at radius 1 is 1.07 bits per heavy atom. The van der Waals surface area contributed by atoms with Crippen LogP contribution < -0.4 is 16.0 Å². The third-order valence-electron chi connectivity index (χ3n) is 7.40. The van der Waals surface area contributed by atoms with Gasteiger partial charge in [-0.05, 0) is 80.6 Å². The minimum absolute atomic E-state index is 0.0414. The molecule has 0 saturated carbocycles. The second kappa shape index (κ2) is 18.0. The SMILES string of the molecule is CCNC(=O)C(CNc1cccc(CCN2CCC(c3ccccc3)CC2)c1)SCCC(C#N)CC(=O)NCC#N. The Morgan fingerprint density at radius 3 is 2.56 bits per heavy atom. The Labute approximate surface area is 248 Å². The zero-order valence-electron chi connectivity index (χ0n) is 24.0. The molecule has 3 rings (SSSR count). The number of amides is 2. The van der Waals surface area contributed by atoms with Crippen LogP contribution in [0.3, 0.4) is 0 Å². The third kappa shape index (κ3) is 11.5. The highest BCUT2D eigenvalue weighted by molar-refractivity contribution is 8.00. The van der Waals surface area contributed by atoms with Crippen molar-refractivity contribution >= 4 is 29.3 Å². The summed E-state index contributed by atoms with van der Waals surface area (Å²) in [5.41, 5.74) is 3.72. The van der Waals surface area contributed by atoms with E-state index in [1.54, 1.807) is 0 Å². The molecule has 2 unspecified atom stereocenters. The fourth-order valence-corrected chi connectivity index (χ4v) is 6.20. The summed E-state index contributed by atoms with van der Waals surface area (Å²) in [5, 5.41) is 26.5. The van der Waals surface area contributed by atoms with Crippen LogP contribution in [0.25, 0.3) is 0 Å². The first kappa shape index (κ1) is 32.0. The first-order chi connectivity index (χ1) is 20.0. The van der Waals surface area contributed by atoms with E-state index >= 15 is 0 Å². The first-order valence-corrected chi connectivity index (χ1v) is 15.6. The Morgan fingerprint density at radius 2 is 1.85 bits per heavy atom. The largest absolute Gasteiger partial charge is 0.383 e. The number of thioether (sulfide) groups is 1. The number of benzene rings is 2. The lowest BCUT2D eigenvalue weighted by Gasteiger charge is -2.32. The molecule has 8 nitrogen and oxygen atoms in total. The van der Waals surface area contributed by atoms with Gasteiger partial charge in [0.05, 0.1) is 18.1 Å². The molecule has 1 heterocycles. The van der Waals surface area contributed by atoms with Gasteiger partial charge in [-0.1, -0.05) is 42.5 Å². The van der Waals surface area contributed by atoms with Crippen molar-refractivity contribution in [2.45, 2.75) is 50.2 Å². The lowest BCUT2D eigenvalue weighted by atomic mass is 9.89. The van der Waals surface area contributed by atoms with Gasteiger partial charge in [0.1, 0.15) is 11.8 Å². The lowest BCUT2D eigenvalue weighted by molar-refractivity contribution is -0.121. The van der Waals surface area contributed by atoms with Gasteiger partial charge < -0.3 is 20.9 Å². The van der Waals surface area contributed by atoms with Crippen LogP contribution in [0.2, 0.25) is 0 Å². The molecule has 0 radical (unpaired) electrons. The second-order valence-corrected chi connectivity index (χ2v) is 11.7. The number of carbonyl (C=O) groups is 2. The molecule has 1 saturated heterocycles. The molecule has 2 atom stereocenters. The molecule has 9 heteroatoms. The summed E-state index contributed by atoms with van der Waals surface area (Å²) in [4.78, 5) is 27.1. The van der Waals surface area contributed by atoms with Gasteiger partial charge in [-0.25, -0.2) is 0 Å². The average Bonchev–Trinajstić information content (AvgIpc) is 3.01. The van der Waals surface area contributed by atoms with Crippen LogP contribution in [-0.4, -0.2) is 67.0 Å². The van der Waals surface area contributed by atoms with E-state index in [0.29, 0.717) is 31.2 Å². The van der Waals surface area contributed by atoms with Crippen molar-refractivity contribution < 1.29 is 9.59 Å². The van der Waals surface area contributed by atoms with Crippen molar-refractivity contribution in [3.05, 3.63) is 65.7 Å². The predicted octanol–water partition coefficient (Wildman–Crippen LogP) is 4.32. The summed E-state index contributed by atoms with van der Waals surface area (Å²) in [6.07, 6.45) is 3.94. The van der Waals surface area contributed by atoms with E-state index in [9.17, 15) is 14.9 Å². The molecule has 3 N–H and O–H groups in total. The molecular formula is C32H42N6O2S. The van der Waals surface area contributed by atoms with Gasteiger partial charge in [-0.2, -0.15) is 10.5 Å². The fourth-order valence-electron chi connectivity index (χ4n) is 5.06. The van der Waals surface area contributed by atoms with E-state index in [4.69, 9.17) is 5.26 Å². The number of hydrogen-bond acceptors (Lipinski definition) is 7. The fraction of sp³-hybridized carbons (Fsp3) is 0.500. The molecular weight excluding hydrogens is 532 g/mol. The summed E-state index contributed by atoms with van der Waals surface area (Å²) in [6, 6.07) is 23.3. The topological polar surface area (TPSA) is 121 Å².